The van der Waals surface area contributed by atoms with E-state index in [0.29, 0.717) is 38.2 Å². The van der Waals surface area contributed by atoms with Gasteiger partial charge in [-0.2, -0.15) is 5.21 Å². The summed E-state index contributed by atoms with van der Waals surface area (Å²) in [5.41, 5.74) is 9.53. The molecule has 1 aliphatic heterocycles. The van der Waals surface area contributed by atoms with E-state index < -0.39 is 23.8 Å². The fourth-order valence-corrected chi connectivity index (χ4v) is 5.75. The number of carbonyl (C=O) groups is 3. The van der Waals surface area contributed by atoms with Gasteiger partial charge in [-0.15, -0.1) is 10.2 Å². The molecule has 0 bridgehead atoms. The van der Waals surface area contributed by atoms with E-state index in [9.17, 15) is 14.4 Å². The second-order valence-corrected chi connectivity index (χ2v) is 11.3. The third-order valence-electron chi connectivity index (χ3n) is 7.73. The Morgan fingerprint density at radius 2 is 1.88 bits per heavy atom. The van der Waals surface area contributed by atoms with Gasteiger partial charge in [0.25, 0.3) is 0 Å². The Hall–Kier alpha value is -4.08. The van der Waals surface area contributed by atoms with Crippen molar-refractivity contribution in [2.24, 2.45) is 23.5 Å². The molecule has 10 nitrogen and oxygen atoms in total. The van der Waals surface area contributed by atoms with Crippen molar-refractivity contribution < 1.29 is 14.4 Å². The fourth-order valence-electron chi connectivity index (χ4n) is 5.75. The molecular weight excluding hydrogens is 518 g/mol. The van der Waals surface area contributed by atoms with Crippen LogP contribution in [-0.2, 0) is 20.9 Å². The summed E-state index contributed by atoms with van der Waals surface area (Å²) >= 11 is 0. The first-order chi connectivity index (χ1) is 19.8. The van der Waals surface area contributed by atoms with Crippen LogP contribution in [0.2, 0.25) is 0 Å². The van der Waals surface area contributed by atoms with Crippen molar-refractivity contribution in [3.63, 3.8) is 0 Å². The van der Waals surface area contributed by atoms with Crippen LogP contribution in [0.3, 0.4) is 0 Å². The Kier molecular flexibility index (Phi) is 10.2. The largest absolute Gasteiger partial charge is 0.369 e. The highest BCUT2D eigenvalue weighted by atomic mass is 16.2. The first-order valence-electron chi connectivity index (χ1n) is 14.6. The smallest absolute Gasteiger partial charge is 0.245 e. The number of likely N-dealkylation sites (tertiary alicyclic amines) is 1. The lowest BCUT2D eigenvalue weighted by molar-refractivity contribution is -0.139. The molecule has 41 heavy (non-hydrogen) atoms. The number of hydrogen-bond donors (Lipinski definition) is 3. The third kappa shape index (κ3) is 7.56. The third-order valence-corrected chi connectivity index (χ3v) is 7.73. The molecule has 1 fully saturated rings. The predicted octanol–water partition coefficient (Wildman–Crippen LogP) is 4.09. The number of nitrogens with zero attached hydrogens (tertiary/aromatic N) is 4. The number of carbonyl (C=O) groups excluding carboxylic acids is 3. The van der Waals surface area contributed by atoms with Crippen LogP contribution in [0.25, 0.3) is 22.5 Å². The Morgan fingerprint density at radius 1 is 1.10 bits per heavy atom. The highest BCUT2D eigenvalue weighted by molar-refractivity contribution is 5.91. The zero-order valence-electron chi connectivity index (χ0n) is 24.2. The summed E-state index contributed by atoms with van der Waals surface area (Å²) in [6.07, 6.45) is 4.10. The molecule has 0 aliphatic carbocycles. The molecule has 2 aromatic carbocycles. The Bertz CT molecular complexity index is 1320. The summed E-state index contributed by atoms with van der Waals surface area (Å²) in [7, 11) is 0. The number of rotatable bonds is 12. The minimum atomic E-state index is -0.626. The molecule has 218 valence electrons. The van der Waals surface area contributed by atoms with Crippen molar-refractivity contribution in [1.82, 2.24) is 30.8 Å². The normalized spacial score (nSPS) is 17.2. The zero-order valence-corrected chi connectivity index (χ0v) is 24.2. The monoisotopic (exact) mass is 559 g/mol. The molecule has 0 radical (unpaired) electrons. The molecular formula is C31H41N7O3. The van der Waals surface area contributed by atoms with E-state index in [0.717, 1.165) is 41.5 Å². The summed E-state index contributed by atoms with van der Waals surface area (Å²) < 4.78 is 0. The van der Waals surface area contributed by atoms with Crippen LogP contribution in [0.4, 0.5) is 0 Å². The van der Waals surface area contributed by atoms with E-state index in [1.165, 1.54) is 0 Å². The second kappa shape index (κ2) is 14.0. The summed E-state index contributed by atoms with van der Waals surface area (Å²) in [6, 6.07) is 15.3. The maximum absolute atomic E-state index is 13.7. The molecule has 2 heterocycles. The molecule has 3 amide bonds. The molecule has 1 aromatic heterocycles. The highest BCUT2D eigenvalue weighted by Gasteiger charge is 2.35. The molecule has 1 unspecified atom stereocenters. The molecule has 4 rings (SSSR count). The molecule has 10 heteroatoms. The quantitative estimate of drug-likeness (QED) is 0.304. The summed E-state index contributed by atoms with van der Waals surface area (Å²) in [5, 5.41) is 17.5. The number of hydrogen-bond acceptors (Lipinski definition) is 6. The maximum Gasteiger partial charge on any atom is 0.245 e. The van der Waals surface area contributed by atoms with Gasteiger partial charge >= 0.3 is 0 Å². The maximum atomic E-state index is 13.7. The van der Waals surface area contributed by atoms with Crippen LogP contribution in [0.5, 0.6) is 0 Å². The minimum absolute atomic E-state index is 0.0943. The van der Waals surface area contributed by atoms with Crippen LogP contribution < -0.4 is 11.1 Å². The van der Waals surface area contributed by atoms with Gasteiger partial charge in [-0.1, -0.05) is 69.7 Å². The molecule has 0 spiro atoms. The number of nitrogens with one attached hydrogen (secondary N) is 2. The Balaban J connectivity index is 1.51. The topological polar surface area (TPSA) is 147 Å². The number of amides is 3. The van der Waals surface area contributed by atoms with E-state index in [-0.39, 0.29) is 17.7 Å². The standard InChI is InChI=1S/C31H41N7O3/c1-4-10-25(26(28(32)39)17-20(2)3)30(40)33-27-15-7-8-16-38(31(27)41)19-21-11-9-12-22(18-21)23-13-5-6-14-24(23)29-34-36-37-35-29/h5-6,9,11-14,18,20,25-27H,4,7-8,10,15-17,19H2,1-3H3,(H2,32,39)(H,33,40)(H,34,35,36,37)/t25?,26-,27+/m1/s1. The summed E-state index contributed by atoms with van der Waals surface area (Å²) in [4.78, 5) is 41.3. The van der Waals surface area contributed by atoms with E-state index in [4.69, 9.17) is 5.73 Å². The van der Waals surface area contributed by atoms with Gasteiger partial charge in [-0.05, 0) is 66.0 Å². The molecule has 0 saturated carbocycles. The fraction of sp³-hybridized carbons (Fsp3) is 0.484. The van der Waals surface area contributed by atoms with Crippen LogP contribution in [0, 0.1) is 17.8 Å². The lowest BCUT2D eigenvalue weighted by Gasteiger charge is -2.29. The van der Waals surface area contributed by atoms with Gasteiger partial charge in [0.2, 0.25) is 23.5 Å². The van der Waals surface area contributed by atoms with Gasteiger partial charge in [0, 0.05) is 30.5 Å². The number of benzene rings is 2. The first-order valence-corrected chi connectivity index (χ1v) is 14.6. The number of nitrogens with two attached hydrogens (primary N) is 1. The molecule has 3 aromatic rings. The molecule has 4 N–H and O–H groups in total. The SMILES string of the molecule is CCCC(C(=O)N[C@H]1CCCCN(Cc2cccc(-c3ccccc3-c3nn[nH]n3)c2)C1=O)[C@@H](CC(C)C)C(N)=O. The van der Waals surface area contributed by atoms with Crippen LogP contribution >= 0.6 is 0 Å². The molecule has 3 atom stereocenters. The number of aromatic nitrogens is 4. The number of aromatic amines is 1. The number of H-pyrrole nitrogens is 1. The van der Waals surface area contributed by atoms with Crippen LogP contribution in [0.15, 0.2) is 48.5 Å². The Morgan fingerprint density at radius 3 is 2.56 bits per heavy atom. The van der Waals surface area contributed by atoms with E-state index in [2.05, 4.69) is 32.0 Å². The van der Waals surface area contributed by atoms with Crippen molar-refractivity contribution in [2.45, 2.75) is 71.9 Å². The van der Waals surface area contributed by atoms with Crippen LogP contribution in [-0.4, -0.2) is 55.8 Å². The minimum Gasteiger partial charge on any atom is -0.369 e. The van der Waals surface area contributed by atoms with Crippen molar-refractivity contribution in [1.29, 1.82) is 0 Å². The number of primary amides is 1. The van der Waals surface area contributed by atoms with Crippen molar-refractivity contribution in [3.8, 4) is 22.5 Å². The zero-order chi connectivity index (χ0) is 29.4. The van der Waals surface area contributed by atoms with E-state index in [1.54, 1.807) is 0 Å². The Labute approximate surface area is 241 Å². The highest BCUT2D eigenvalue weighted by Crippen LogP contribution is 2.31. The summed E-state index contributed by atoms with van der Waals surface area (Å²) in [5.74, 6) is -1.16. The second-order valence-electron chi connectivity index (χ2n) is 11.3. The number of tetrazole rings is 1. The predicted molar refractivity (Wildman–Crippen MR) is 157 cm³/mol. The first kappa shape index (κ1) is 29.9. The van der Waals surface area contributed by atoms with Crippen molar-refractivity contribution >= 4 is 17.7 Å². The molecule has 1 aliphatic rings. The van der Waals surface area contributed by atoms with Gasteiger partial charge < -0.3 is 16.0 Å². The summed E-state index contributed by atoms with van der Waals surface area (Å²) in [6.45, 7) is 7.06. The average molecular weight is 560 g/mol. The van der Waals surface area contributed by atoms with Crippen LogP contribution in [0.1, 0.15) is 64.9 Å². The lowest BCUT2D eigenvalue weighted by atomic mass is 9.81. The van der Waals surface area contributed by atoms with Crippen molar-refractivity contribution in [3.05, 3.63) is 54.1 Å². The van der Waals surface area contributed by atoms with Gasteiger partial charge in [0.1, 0.15) is 6.04 Å². The van der Waals surface area contributed by atoms with Gasteiger partial charge in [-0.25, -0.2) is 0 Å². The lowest BCUT2D eigenvalue weighted by Crippen LogP contribution is -2.50. The van der Waals surface area contributed by atoms with Gasteiger partial charge in [0.05, 0.1) is 0 Å². The molecule has 1 saturated heterocycles. The average Bonchev–Trinajstić information content (AvgIpc) is 3.45. The van der Waals surface area contributed by atoms with Gasteiger partial charge in [0.15, 0.2) is 0 Å². The van der Waals surface area contributed by atoms with E-state index in [1.807, 2.05) is 68.1 Å². The van der Waals surface area contributed by atoms with E-state index >= 15 is 0 Å². The van der Waals surface area contributed by atoms with Gasteiger partial charge in [-0.3, -0.25) is 14.4 Å². The van der Waals surface area contributed by atoms with Crippen molar-refractivity contribution in [2.75, 3.05) is 6.54 Å².